The van der Waals surface area contributed by atoms with Gasteiger partial charge in [-0.15, -0.1) is 0 Å². The van der Waals surface area contributed by atoms with Crippen LogP contribution in [0.15, 0.2) is 59.1 Å². The largest absolute Gasteiger partial charge is 0.505 e. The molecule has 0 spiro atoms. The van der Waals surface area contributed by atoms with Crippen molar-refractivity contribution in [3.05, 3.63) is 87.5 Å². The van der Waals surface area contributed by atoms with E-state index >= 15 is 0 Å². The summed E-state index contributed by atoms with van der Waals surface area (Å²) in [5.74, 6) is -2.66. The van der Waals surface area contributed by atoms with Crippen LogP contribution in [0, 0.1) is 5.82 Å². The lowest BCUT2D eigenvalue weighted by Gasteiger charge is -2.11. The standard InChI is InChI=1S/C23H13Cl2F4N3O4/c24-16-7-12(8-17(25)19(16)33)20-31-22(36-32-20)21(34)30-10-11-1-3-13(4-2-11)35-14-5-6-18(26)15(9-14)23(27,28)29/h1-9,33H,10H2,(H,30,34). The molecule has 0 aliphatic carbocycles. The first-order valence-electron chi connectivity index (χ1n) is 9.95. The number of nitrogens with one attached hydrogen (secondary N) is 1. The number of hydrogen-bond acceptors (Lipinski definition) is 6. The fraction of sp³-hybridized carbons (Fsp3) is 0.0870. The van der Waals surface area contributed by atoms with Gasteiger partial charge in [-0.1, -0.05) is 40.5 Å². The first-order valence-corrected chi connectivity index (χ1v) is 10.7. The number of amides is 1. The SMILES string of the molecule is O=C(NCc1ccc(Oc2ccc(F)c(C(F)(F)F)c2)cc1)c1nc(-c2cc(Cl)c(O)c(Cl)c2)no1. The van der Waals surface area contributed by atoms with Gasteiger partial charge in [-0.25, -0.2) is 4.39 Å². The minimum atomic E-state index is -4.85. The van der Waals surface area contributed by atoms with Crippen molar-refractivity contribution in [2.24, 2.45) is 0 Å². The van der Waals surface area contributed by atoms with E-state index in [4.69, 9.17) is 32.5 Å². The number of alkyl halides is 3. The maximum absolute atomic E-state index is 13.4. The third-order valence-corrected chi connectivity index (χ3v) is 5.33. The average molecular weight is 542 g/mol. The van der Waals surface area contributed by atoms with Crippen molar-refractivity contribution in [1.82, 2.24) is 15.5 Å². The van der Waals surface area contributed by atoms with Crippen molar-refractivity contribution in [3.63, 3.8) is 0 Å². The summed E-state index contributed by atoms with van der Waals surface area (Å²) in [5.41, 5.74) is -0.479. The number of hydrogen-bond donors (Lipinski definition) is 2. The topological polar surface area (TPSA) is 97.5 Å². The van der Waals surface area contributed by atoms with Crippen molar-refractivity contribution in [1.29, 1.82) is 0 Å². The summed E-state index contributed by atoms with van der Waals surface area (Å²) < 4.78 is 62.3. The number of ether oxygens (including phenoxy) is 1. The minimum absolute atomic E-state index is 0.0269. The summed E-state index contributed by atoms with van der Waals surface area (Å²) >= 11 is 11.7. The predicted molar refractivity (Wildman–Crippen MR) is 121 cm³/mol. The number of benzene rings is 3. The number of aromatic hydroxyl groups is 1. The molecule has 1 amide bonds. The monoisotopic (exact) mass is 541 g/mol. The summed E-state index contributed by atoms with van der Waals surface area (Å²) in [6.45, 7) is 0.0580. The quantitative estimate of drug-likeness (QED) is 0.266. The Morgan fingerprint density at radius 3 is 2.31 bits per heavy atom. The molecular formula is C23H13Cl2F4N3O4. The third kappa shape index (κ3) is 5.69. The molecule has 1 aromatic heterocycles. The van der Waals surface area contributed by atoms with Crippen LogP contribution in [0.25, 0.3) is 11.4 Å². The van der Waals surface area contributed by atoms with Gasteiger partial charge in [0.1, 0.15) is 17.3 Å². The Bertz CT molecular complexity index is 1400. The molecule has 0 saturated heterocycles. The van der Waals surface area contributed by atoms with Crippen LogP contribution in [0.2, 0.25) is 10.0 Å². The third-order valence-electron chi connectivity index (χ3n) is 4.75. The lowest BCUT2D eigenvalue weighted by Crippen LogP contribution is -2.23. The molecule has 2 N–H and O–H groups in total. The predicted octanol–water partition coefficient (Wildman–Crippen LogP) is 6.63. The van der Waals surface area contributed by atoms with Crippen LogP contribution in [0.3, 0.4) is 0 Å². The first-order chi connectivity index (χ1) is 17.0. The van der Waals surface area contributed by atoms with E-state index in [0.717, 1.165) is 6.07 Å². The van der Waals surface area contributed by atoms with Crippen LogP contribution in [0.1, 0.15) is 21.8 Å². The lowest BCUT2D eigenvalue weighted by molar-refractivity contribution is -0.140. The fourth-order valence-corrected chi connectivity index (χ4v) is 3.47. The van der Waals surface area contributed by atoms with E-state index in [1.807, 2.05) is 0 Å². The molecule has 0 radical (unpaired) electrons. The Hall–Kier alpha value is -3.83. The number of carbonyl (C=O) groups is 1. The van der Waals surface area contributed by atoms with Gasteiger partial charge >= 0.3 is 18.0 Å². The van der Waals surface area contributed by atoms with E-state index < -0.39 is 23.5 Å². The van der Waals surface area contributed by atoms with Gasteiger partial charge in [-0.3, -0.25) is 4.79 Å². The molecule has 7 nitrogen and oxygen atoms in total. The van der Waals surface area contributed by atoms with E-state index in [-0.39, 0.29) is 45.6 Å². The zero-order valence-electron chi connectivity index (χ0n) is 17.7. The van der Waals surface area contributed by atoms with Crippen molar-refractivity contribution in [2.45, 2.75) is 12.7 Å². The average Bonchev–Trinajstić information content (AvgIpc) is 3.33. The second-order valence-electron chi connectivity index (χ2n) is 7.28. The Kier molecular flexibility index (Phi) is 7.04. The van der Waals surface area contributed by atoms with Crippen molar-refractivity contribution >= 4 is 29.1 Å². The smallest absolute Gasteiger partial charge is 0.419 e. The molecule has 4 rings (SSSR count). The van der Waals surface area contributed by atoms with Gasteiger partial charge in [0, 0.05) is 12.1 Å². The maximum Gasteiger partial charge on any atom is 0.419 e. The van der Waals surface area contributed by atoms with Crippen LogP contribution < -0.4 is 10.1 Å². The number of nitrogens with zero attached hydrogens (tertiary/aromatic N) is 2. The fourth-order valence-electron chi connectivity index (χ4n) is 2.98. The Labute approximate surface area is 210 Å². The summed E-state index contributed by atoms with van der Waals surface area (Å²) in [7, 11) is 0. The van der Waals surface area contributed by atoms with Gasteiger partial charge in [-0.2, -0.15) is 18.2 Å². The number of phenolic OH excluding ortho intramolecular Hbond substituents is 1. The Morgan fingerprint density at radius 2 is 1.67 bits per heavy atom. The maximum atomic E-state index is 13.4. The molecular weight excluding hydrogens is 529 g/mol. The molecule has 0 unspecified atom stereocenters. The summed E-state index contributed by atoms with van der Waals surface area (Å²) in [6.07, 6.45) is -4.85. The van der Waals surface area contributed by atoms with Gasteiger partial charge in [0.05, 0.1) is 15.6 Å². The minimum Gasteiger partial charge on any atom is -0.505 e. The molecule has 1 heterocycles. The second kappa shape index (κ2) is 10.0. The molecule has 13 heteroatoms. The van der Waals surface area contributed by atoms with E-state index in [0.29, 0.717) is 23.3 Å². The number of halogens is 6. The zero-order valence-corrected chi connectivity index (χ0v) is 19.2. The number of aromatic nitrogens is 2. The van der Waals surface area contributed by atoms with Crippen molar-refractivity contribution < 1.29 is 36.7 Å². The molecule has 3 aromatic carbocycles. The Morgan fingerprint density at radius 1 is 1.03 bits per heavy atom. The van der Waals surface area contributed by atoms with E-state index in [9.17, 15) is 27.5 Å². The van der Waals surface area contributed by atoms with Crippen LogP contribution in [-0.4, -0.2) is 21.2 Å². The van der Waals surface area contributed by atoms with Crippen LogP contribution in [0.5, 0.6) is 17.2 Å². The molecule has 0 aliphatic rings. The van der Waals surface area contributed by atoms with Gasteiger partial charge < -0.3 is 19.7 Å². The number of rotatable bonds is 6. The highest BCUT2D eigenvalue weighted by Crippen LogP contribution is 2.36. The molecule has 0 bridgehead atoms. The zero-order chi connectivity index (χ0) is 26.0. The molecule has 4 aromatic rings. The summed E-state index contributed by atoms with van der Waals surface area (Å²) in [6, 6.07) is 11.1. The van der Waals surface area contributed by atoms with Gasteiger partial charge in [0.15, 0.2) is 5.75 Å². The van der Waals surface area contributed by atoms with Crippen LogP contribution >= 0.6 is 23.2 Å². The first kappa shape index (κ1) is 25.3. The molecule has 0 saturated carbocycles. The number of carbonyl (C=O) groups excluding carboxylic acids is 1. The molecule has 36 heavy (non-hydrogen) atoms. The van der Waals surface area contributed by atoms with Gasteiger partial charge in [0.2, 0.25) is 5.82 Å². The molecule has 186 valence electrons. The Balaban J connectivity index is 1.37. The highest BCUT2D eigenvalue weighted by molar-refractivity contribution is 6.37. The van der Waals surface area contributed by atoms with Gasteiger partial charge in [0.25, 0.3) is 0 Å². The van der Waals surface area contributed by atoms with Crippen molar-refractivity contribution in [3.8, 4) is 28.6 Å². The molecule has 0 atom stereocenters. The lowest BCUT2D eigenvalue weighted by atomic mass is 10.2. The highest BCUT2D eigenvalue weighted by atomic mass is 35.5. The summed E-state index contributed by atoms with van der Waals surface area (Å²) in [5, 5.41) is 15.9. The summed E-state index contributed by atoms with van der Waals surface area (Å²) in [4.78, 5) is 16.3. The van der Waals surface area contributed by atoms with Gasteiger partial charge in [-0.05, 0) is 48.0 Å². The van der Waals surface area contributed by atoms with E-state index in [2.05, 4.69) is 15.5 Å². The highest BCUT2D eigenvalue weighted by Gasteiger charge is 2.34. The van der Waals surface area contributed by atoms with E-state index in [1.54, 1.807) is 12.1 Å². The molecule has 0 fully saturated rings. The van der Waals surface area contributed by atoms with Crippen LogP contribution in [0.4, 0.5) is 17.6 Å². The second-order valence-corrected chi connectivity index (χ2v) is 8.09. The van der Waals surface area contributed by atoms with Crippen molar-refractivity contribution in [2.75, 3.05) is 0 Å². The van der Waals surface area contributed by atoms with E-state index in [1.165, 1.54) is 24.3 Å². The normalized spacial score (nSPS) is 11.4. The number of phenols is 1. The van der Waals surface area contributed by atoms with Crippen LogP contribution in [-0.2, 0) is 12.7 Å². The molecule has 0 aliphatic heterocycles.